The first-order chi connectivity index (χ1) is 13.5. The van der Waals surface area contributed by atoms with Crippen LogP contribution in [-0.4, -0.2) is 21.7 Å². The number of aryl methyl sites for hydroxylation is 1. The lowest BCUT2D eigenvalue weighted by Crippen LogP contribution is -2.17. The quantitative estimate of drug-likeness (QED) is 0.445. The second-order valence-corrected chi connectivity index (χ2v) is 8.80. The summed E-state index contributed by atoms with van der Waals surface area (Å²) in [5.74, 6) is 1.14. The van der Waals surface area contributed by atoms with E-state index in [4.69, 9.17) is 9.47 Å². The van der Waals surface area contributed by atoms with Gasteiger partial charge in [-0.25, -0.2) is 0 Å². The zero-order valence-corrected chi connectivity index (χ0v) is 17.1. The highest BCUT2D eigenvalue weighted by Gasteiger charge is 2.13. The number of hydrogen-bond donors (Lipinski definition) is 1. The number of sulfonamides is 1. The van der Waals surface area contributed by atoms with Gasteiger partial charge in [0.15, 0.2) is 11.5 Å². The zero-order chi connectivity index (χ0) is 20.0. The molecular formula is C20H20N2O4S2. The predicted octanol–water partition coefficient (Wildman–Crippen LogP) is 3.96. The fraction of sp³-hybridized carbons (Fsp3) is 0.150. The Labute approximate surface area is 168 Å². The Bertz CT molecular complexity index is 1040. The maximum atomic E-state index is 12.1. The molecule has 28 heavy (non-hydrogen) atoms. The van der Waals surface area contributed by atoms with Crippen molar-refractivity contribution in [3.8, 4) is 11.5 Å². The second kappa shape index (κ2) is 8.90. The molecule has 0 bridgehead atoms. The predicted molar refractivity (Wildman–Crippen MR) is 111 cm³/mol. The Morgan fingerprint density at radius 2 is 1.89 bits per heavy atom. The third-order valence-electron chi connectivity index (χ3n) is 3.85. The van der Waals surface area contributed by atoms with Gasteiger partial charge in [-0.15, -0.1) is 11.3 Å². The Morgan fingerprint density at radius 1 is 1.11 bits per heavy atom. The average Bonchev–Trinajstić information content (AvgIpc) is 3.23. The van der Waals surface area contributed by atoms with Crippen molar-refractivity contribution < 1.29 is 17.9 Å². The van der Waals surface area contributed by atoms with E-state index in [0.717, 1.165) is 16.9 Å². The molecule has 0 unspecified atom stereocenters. The van der Waals surface area contributed by atoms with E-state index in [2.05, 4.69) is 9.93 Å². The van der Waals surface area contributed by atoms with Gasteiger partial charge in [0.25, 0.3) is 10.0 Å². The van der Waals surface area contributed by atoms with Gasteiger partial charge in [0.1, 0.15) is 10.8 Å². The van der Waals surface area contributed by atoms with Gasteiger partial charge in [0, 0.05) is 0 Å². The number of rotatable bonds is 8. The molecule has 1 N–H and O–H groups in total. The summed E-state index contributed by atoms with van der Waals surface area (Å²) in [4.78, 5) is 2.20. The molecular weight excluding hydrogens is 396 g/mol. The number of nitrogens with one attached hydrogen (secondary N) is 1. The van der Waals surface area contributed by atoms with Gasteiger partial charge in [-0.2, -0.15) is 18.4 Å². The van der Waals surface area contributed by atoms with Crippen molar-refractivity contribution in [3.63, 3.8) is 0 Å². The van der Waals surface area contributed by atoms with Gasteiger partial charge in [-0.3, -0.25) is 0 Å². The van der Waals surface area contributed by atoms with Crippen LogP contribution in [-0.2, 0) is 16.6 Å². The second-order valence-electron chi connectivity index (χ2n) is 5.97. The van der Waals surface area contributed by atoms with Crippen molar-refractivity contribution in [3.05, 3.63) is 76.7 Å². The Morgan fingerprint density at radius 3 is 2.57 bits per heavy atom. The molecule has 8 heteroatoms. The van der Waals surface area contributed by atoms with E-state index in [0.29, 0.717) is 23.7 Å². The highest BCUT2D eigenvalue weighted by molar-refractivity contribution is 7.91. The van der Waals surface area contributed by atoms with Gasteiger partial charge in [0.2, 0.25) is 0 Å². The smallest absolute Gasteiger partial charge is 0.286 e. The monoisotopic (exact) mass is 416 g/mol. The summed E-state index contributed by atoms with van der Waals surface area (Å²) in [5.41, 5.74) is 2.90. The minimum absolute atomic E-state index is 0.210. The molecule has 0 spiro atoms. The first-order valence-corrected chi connectivity index (χ1v) is 10.8. The summed E-state index contributed by atoms with van der Waals surface area (Å²) in [6.45, 7) is 2.42. The van der Waals surface area contributed by atoms with E-state index in [-0.39, 0.29) is 4.21 Å². The number of ether oxygens (including phenoxy) is 2. The fourth-order valence-corrected chi connectivity index (χ4v) is 4.14. The Balaban J connectivity index is 1.70. The molecule has 0 aliphatic heterocycles. The van der Waals surface area contributed by atoms with Crippen LogP contribution in [0.1, 0.15) is 16.7 Å². The maximum Gasteiger partial charge on any atom is 0.286 e. The largest absolute Gasteiger partial charge is 0.493 e. The lowest BCUT2D eigenvalue weighted by atomic mass is 10.1. The number of thiophene rings is 1. The van der Waals surface area contributed by atoms with Crippen molar-refractivity contribution in [2.45, 2.75) is 17.7 Å². The number of methoxy groups -OCH3 is 1. The standard InChI is InChI=1S/C20H20N2O4S2/c1-15-5-7-16(8-6-15)14-26-19-12-17(9-10-18(19)25-2)13-21-22-28(23,24)20-4-3-11-27-20/h3-13,22H,14H2,1-2H3/b21-13+. The normalized spacial score (nSPS) is 11.5. The molecule has 0 fully saturated rings. The van der Waals surface area contributed by atoms with Crippen LogP contribution >= 0.6 is 11.3 Å². The van der Waals surface area contributed by atoms with Gasteiger partial charge in [-0.1, -0.05) is 35.9 Å². The third kappa shape index (κ3) is 5.11. The van der Waals surface area contributed by atoms with E-state index >= 15 is 0 Å². The highest BCUT2D eigenvalue weighted by Crippen LogP contribution is 2.28. The van der Waals surface area contributed by atoms with Crippen molar-refractivity contribution in [2.24, 2.45) is 5.10 Å². The molecule has 0 atom stereocenters. The van der Waals surface area contributed by atoms with Gasteiger partial charge in [-0.05, 0) is 47.7 Å². The minimum atomic E-state index is -3.65. The molecule has 0 radical (unpaired) electrons. The molecule has 1 aromatic heterocycles. The molecule has 146 valence electrons. The van der Waals surface area contributed by atoms with Crippen molar-refractivity contribution in [1.82, 2.24) is 4.83 Å². The first-order valence-electron chi connectivity index (χ1n) is 8.43. The molecule has 0 saturated carbocycles. The van der Waals surface area contributed by atoms with E-state index in [1.165, 1.54) is 17.8 Å². The molecule has 3 rings (SSSR count). The van der Waals surface area contributed by atoms with Crippen LogP contribution in [0.15, 0.2) is 69.3 Å². The van der Waals surface area contributed by atoms with Crippen LogP contribution in [0.5, 0.6) is 11.5 Å². The molecule has 0 aliphatic rings. The van der Waals surface area contributed by atoms with E-state index < -0.39 is 10.0 Å². The number of hydrazone groups is 1. The van der Waals surface area contributed by atoms with Crippen molar-refractivity contribution in [1.29, 1.82) is 0 Å². The number of benzene rings is 2. The lowest BCUT2D eigenvalue weighted by molar-refractivity contribution is 0.284. The maximum absolute atomic E-state index is 12.1. The SMILES string of the molecule is COc1ccc(/C=N/NS(=O)(=O)c2cccs2)cc1OCc1ccc(C)cc1. The van der Waals surface area contributed by atoms with Crippen LogP contribution in [0.3, 0.4) is 0 Å². The average molecular weight is 417 g/mol. The lowest BCUT2D eigenvalue weighted by Gasteiger charge is -2.11. The van der Waals surface area contributed by atoms with Crippen LogP contribution in [0.2, 0.25) is 0 Å². The van der Waals surface area contributed by atoms with Crippen LogP contribution < -0.4 is 14.3 Å². The summed E-state index contributed by atoms with van der Waals surface area (Å²) in [6, 6.07) is 16.5. The Hall–Kier alpha value is -2.84. The Kier molecular flexibility index (Phi) is 6.33. The van der Waals surface area contributed by atoms with Crippen LogP contribution in [0, 0.1) is 6.92 Å². The van der Waals surface area contributed by atoms with Crippen molar-refractivity contribution >= 4 is 27.6 Å². The zero-order valence-electron chi connectivity index (χ0n) is 15.5. The van der Waals surface area contributed by atoms with Gasteiger partial charge in [0.05, 0.1) is 13.3 Å². The summed E-state index contributed by atoms with van der Waals surface area (Å²) < 4.78 is 35.6. The topological polar surface area (TPSA) is 77.0 Å². The van der Waals surface area contributed by atoms with E-state index in [9.17, 15) is 8.42 Å². The third-order valence-corrected chi connectivity index (χ3v) is 6.47. The van der Waals surface area contributed by atoms with Crippen molar-refractivity contribution in [2.75, 3.05) is 7.11 Å². The molecule has 0 aliphatic carbocycles. The minimum Gasteiger partial charge on any atom is -0.493 e. The molecule has 0 amide bonds. The summed E-state index contributed by atoms with van der Waals surface area (Å²) in [6.07, 6.45) is 1.42. The fourth-order valence-electron chi connectivity index (χ4n) is 2.36. The molecule has 0 saturated heterocycles. The van der Waals surface area contributed by atoms with Crippen LogP contribution in [0.4, 0.5) is 0 Å². The molecule has 2 aromatic carbocycles. The highest BCUT2D eigenvalue weighted by atomic mass is 32.2. The van der Waals surface area contributed by atoms with Gasteiger partial charge < -0.3 is 9.47 Å². The summed E-state index contributed by atoms with van der Waals surface area (Å²) in [5, 5.41) is 5.54. The van der Waals surface area contributed by atoms with Crippen LogP contribution in [0.25, 0.3) is 0 Å². The molecule has 6 nitrogen and oxygen atoms in total. The summed E-state index contributed by atoms with van der Waals surface area (Å²) in [7, 11) is -2.08. The molecule has 3 aromatic rings. The first kappa shape index (κ1) is 19.9. The van der Waals surface area contributed by atoms with E-state index in [1.807, 2.05) is 31.2 Å². The number of hydrogen-bond acceptors (Lipinski definition) is 6. The van der Waals surface area contributed by atoms with Gasteiger partial charge >= 0.3 is 0 Å². The summed E-state index contributed by atoms with van der Waals surface area (Å²) >= 11 is 1.13. The molecule has 1 heterocycles. The van der Waals surface area contributed by atoms with E-state index in [1.54, 1.807) is 36.8 Å². The number of nitrogens with zero attached hydrogens (tertiary/aromatic N) is 1.